The van der Waals surface area contributed by atoms with Gasteiger partial charge in [-0.15, -0.1) is 11.8 Å². The van der Waals surface area contributed by atoms with E-state index >= 15 is 0 Å². The molecule has 0 saturated heterocycles. The van der Waals surface area contributed by atoms with Gasteiger partial charge in [0, 0.05) is 22.6 Å². The third-order valence-electron chi connectivity index (χ3n) is 2.95. The summed E-state index contributed by atoms with van der Waals surface area (Å²) < 4.78 is 0. The van der Waals surface area contributed by atoms with Crippen molar-refractivity contribution in [3.63, 3.8) is 0 Å². The number of rotatable bonds is 2. The molecule has 1 aliphatic rings. The zero-order valence-corrected chi connectivity index (χ0v) is 12.7. The van der Waals surface area contributed by atoms with Crippen molar-refractivity contribution in [2.24, 2.45) is 4.99 Å². The highest BCUT2D eigenvalue weighted by Crippen LogP contribution is 2.40. The Morgan fingerprint density at radius 2 is 1.72 bits per heavy atom. The Balaban J connectivity index is 2.39. The Morgan fingerprint density at radius 3 is 2.22 bits per heavy atom. The van der Waals surface area contributed by atoms with Crippen LogP contribution >= 0.6 is 11.8 Å². The fourth-order valence-corrected chi connectivity index (χ4v) is 2.83. The van der Waals surface area contributed by atoms with Gasteiger partial charge in [-0.05, 0) is 39.5 Å². The molecule has 0 N–H and O–H groups in total. The lowest BCUT2D eigenvalue weighted by Gasteiger charge is -2.28. The first-order chi connectivity index (χ1) is 8.40. The minimum atomic E-state index is 0.00915. The first-order valence-corrected chi connectivity index (χ1v) is 7.56. The van der Waals surface area contributed by atoms with Crippen LogP contribution in [0.4, 0.5) is 0 Å². The Morgan fingerprint density at radius 1 is 1.11 bits per heavy atom. The number of hydrogen-bond donors (Lipinski definition) is 0. The number of thioether (sulfide) groups is 1. The van der Waals surface area contributed by atoms with Crippen molar-refractivity contribution in [1.82, 2.24) is 0 Å². The molecule has 2 rings (SSSR count). The van der Waals surface area contributed by atoms with E-state index in [1.54, 1.807) is 0 Å². The molecule has 2 heteroatoms. The molecule has 0 atom stereocenters. The summed E-state index contributed by atoms with van der Waals surface area (Å²) in [5.41, 5.74) is 5.24. The molecule has 0 amide bonds. The van der Waals surface area contributed by atoms with Gasteiger partial charge in [-0.3, -0.25) is 4.99 Å². The smallest absolute Gasteiger partial charge is 0.0527 e. The SMILES string of the molecule is CSC1=C(c2ccc(C)cc2)C(=NC(C)(C)C)C1. The number of allylic oxidation sites excluding steroid dienone is 2. The van der Waals surface area contributed by atoms with Gasteiger partial charge in [0.1, 0.15) is 0 Å². The summed E-state index contributed by atoms with van der Waals surface area (Å²) in [5.74, 6) is 0. The number of hydrogen-bond acceptors (Lipinski definition) is 2. The fourth-order valence-electron chi connectivity index (χ4n) is 2.11. The summed E-state index contributed by atoms with van der Waals surface area (Å²) in [5, 5.41) is 0. The van der Waals surface area contributed by atoms with Crippen molar-refractivity contribution >= 4 is 23.0 Å². The minimum absolute atomic E-state index is 0.00915. The van der Waals surface area contributed by atoms with Gasteiger partial charge in [0.25, 0.3) is 0 Å². The third kappa shape index (κ3) is 2.86. The monoisotopic (exact) mass is 259 g/mol. The topological polar surface area (TPSA) is 12.4 Å². The average Bonchev–Trinajstić information content (AvgIpc) is 2.25. The maximum Gasteiger partial charge on any atom is 0.0527 e. The lowest BCUT2D eigenvalue weighted by molar-refractivity contribution is 0.583. The minimum Gasteiger partial charge on any atom is -0.283 e. The van der Waals surface area contributed by atoms with Crippen LogP contribution in [0, 0.1) is 6.92 Å². The van der Waals surface area contributed by atoms with Gasteiger partial charge in [0.2, 0.25) is 0 Å². The van der Waals surface area contributed by atoms with Crippen molar-refractivity contribution < 1.29 is 0 Å². The zero-order valence-electron chi connectivity index (χ0n) is 11.9. The molecule has 1 aromatic carbocycles. The molecule has 0 radical (unpaired) electrons. The van der Waals surface area contributed by atoms with Crippen molar-refractivity contribution in [3.05, 3.63) is 40.3 Å². The van der Waals surface area contributed by atoms with E-state index in [0.717, 1.165) is 6.42 Å². The molecule has 0 fully saturated rings. The van der Waals surface area contributed by atoms with Gasteiger partial charge < -0.3 is 0 Å². The normalized spacial score (nSPS) is 18.2. The highest BCUT2D eigenvalue weighted by atomic mass is 32.2. The molecule has 1 aliphatic carbocycles. The maximum absolute atomic E-state index is 4.84. The molecule has 96 valence electrons. The van der Waals surface area contributed by atoms with E-state index in [9.17, 15) is 0 Å². The molecule has 0 spiro atoms. The molecule has 0 heterocycles. The van der Waals surface area contributed by atoms with Crippen molar-refractivity contribution in [2.45, 2.75) is 39.7 Å². The predicted molar refractivity (Wildman–Crippen MR) is 83.4 cm³/mol. The molecule has 0 saturated carbocycles. The third-order valence-corrected chi connectivity index (χ3v) is 3.79. The predicted octanol–water partition coefficient (Wildman–Crippen LogP) is 4.71. The van der Waals surface area contributed by atoms with E-state index in [1.165, 1.54) is 27.3 Å². The first-order valence-electron chi connectivity index (χ1n) is 6.34. The average molecular weight is 259 g/mol. The van der Waals surface area contributed by atoms with Crippen LogP contribution in [0.1, 0.15) is 38.3 Å². The van der Waals surface area contributed by atoms with Crippen LogP contribution in [0.5, 0.6) is 0 Å². The van der Waals surface area contributed by atoms with Crippen LogP contribution in [-0.4, -0.2) is 17.5 Å². The Kier molecular flexibility index (Phi) is 3.67. The Hall–Kier alpha value is -1.02. The van der Waals surface area contributed by atoms with Gasteiger partial charge >= 0.3 is 0 Å². The van der Waals surface area contributed by atoms with Crippen LogP contribution in [0.15, 0.2) is 34.2 Å². The van der Waals surface area contributed by atoms with Gasteiger partial charge in [0.05, 0.1) is 5.54 Å². The van der Waals surface area contributed by atoms with Crippen LogP contribution < -0.4 is 0 Å². The van der Waals surface area contributed by atoms with Crippen LogP contribution in [0.2, 0.25) is 0 Å². The maximum atomic E-state index is 4.84. The van der Waals surface area contributed by atoms with Crippen LogP contribution in [-0.2, 0) is 0 Å². The van der Waals surface area contributed by atoms with Crippen LogP contribution in [0.3, 0.4) is 0 Å². The van der Waals surface area contributed by atoms with E-state index < -0.39 is 0 Å². The van der Waals surface area contributed by atoms with Gasteiger partial charge in [0.15, 0.2) is 0 Å². The first kappa shape index (κ1) is 13.4. The molecular formula is C16H21NS. The van der Waals surface area contributed by atoms with Crippen LogP contribution in [0.25, 0.3) is 5.57 Å². The Bertz CT molecular complexity index is 501. The molecule has 0 bridgehead atoms. The summed E-state index contributed by atoms with van der Waals surface area (Å²) in [6, 6.07) is 8.76. The highest BCUT2D eigenvalue weighted by Gasteiger charge is 2.27. The summed E-state index contributed by atoms with van der Waals surface area (Å²) in [6.07, 6.45) is 3.18. The quantitative estimate of drug-likeness (QED) is 0.749. The molecule has 18 heavy (non-hydrogen) atoms. The number of nitrogens with zero attached hydrogens (tertiary/aromatic N) is 1. The summed E-state index contributed by atoms with van der Waals surface area (Å²) in [6.45, 7) is 8.59. The second-order valence-electron chi connectivity index (χ2n) is 5.77. The van der Waals surface area contributed by atoms with E-state index in [1.807, 2.05) is 11.8 Å². The largest absolute Gasteiger partial charge is 0.283 e. The highest BCUT2D eigenvalue weighted by molar-refractivity contribution is 8.02. The number of aryl methyl sites for hydroxylation is 1. The van der Waals surface area contributed by atoms with Crippen molar-refractivity contribution in [2.75, 3.05) is 6.26 Å². The molecule has 1 nitrogen and oxygen atoms in total. The fraction of sp³-hybridized carbons (Fsp3) is 0.438. The summed E-state index contributed by atoms with van der Waals surface area (Å²) >= 11 is 1.85. The van der Waals surface area contributed by atoms with E-state index in [-0.39, 0.29) is 5.54 Å². The standard InChI is InChI=1S/C16H21NS/c1-11-6-8-12(9-7-11)15-13(10-14(15)18-5)17-16(2,3)4/h6-9H,10H2,1-5H3. The Labute approximate surface area is 114 Å². The number of benzene rings is 1. The molecule has 0 aromatic heterocycles. The van der Waals surface area contributed by atoms with Crippen molar-refractivity contribution in [1.29, 1.82) is 0 Å². The second kappa shape index (κ2) is 4.93. The number of aliphatic imine (C=N–C) groups is 1. The lowest BCUT2D eigenvalue weighted by Crippen LogP contribution is -2.21. The molecule has 0 unspecified atom stereocenters. The lowest BCUT2D eigenvalue weighted by atomic mass is 9.88. The molecule has 1 aromatic rings. The van der Waals surface area contributed by atoms with E-state index in [2.05, 4.69) is 58.2 Å². The van der Waals surface area contributed by atoms with Gasteiger partial charge in [-0.2, -0.15) is 0 Å². The van der Waals surface area contributed by atoms with E-state index in [0.29, 0.717) is 0 Å². The van der Waals surface area contributed by atoms with Gasteiger partial charge in [-0.25, -0.2) is 0 Å². The molecular weight excluding hydrogens is 238 g/mol. The van der Waals surface area contributed by atoms with Crippen molar-refractivity contribution in [3.8, 4) is 0 Å². The van der Waals surface area contributed by atoms with Gasteiger partial charge in [-0.1, -0.05) is 29.8 Å². The summed E-state index contributed by atoms with van der Waals surface area (Å²) in [7, 11) is 0. The summed E-state index contributed by atoms with van der Waals surface area (Å²) in [4.78, 5) is 6.30. The van der Waals surface area contributed by atoms with E-state index in [4.69, 9.17) is 4.99 Å². The second-order valence-corrected chi connectivity index (χ2v) is 6.68. The molecule has 0 aliphatic heterocycles. The zero-order chi connectivity index (χ0) is 13.3.